The van der Waals surface area contributed by atoms with Crippen molar-refractivity contribution < 1.29 is 13.2 Å². The Labute approximate surface area is 194 Å². The van der Waals surface area contributed by atoms with Gasteiger partial charge in [0.1, 0.15) is 5.84 Å². The van der Waals surface area contributed by atoms with Gasteiger partial charge in [0.2, 0.25) is 5.91 Å². The maximum absolute atomic E-state index is 12.8. The standard InChI is InChI=1S/C23H29ClN4O3S/c1-17(18-8-6-9-19(24)14-18)28(2)16-23(29)26-20-10-7-11-21(15-20)32(30,31)27-22-12-4-3-5-13-25-22/h6-11,14-15,17H,3-5,12-13,16H2,1-2H3,(H,25,27)(H,26,29). The molecule has 1 aliphatic rings. The first-order chi connectivity index (χ1) is 15.2. The number of benzene rings is 2. The second kappa shape index (κ2) is 10.9. The van der Waals surface area contributed by atoms with Crippen molar-refractivity contribution in [2.24, 2.45) is 4.99 Å². The lowest BCUT2D eigenvalue weighted by atomic mass is 10.1. The Kier molecular flexibility index (Phi) is 8.28. The molecule has 0 aromatic heterocycles. The van der Waals surface area contributed by atoms with Gasteiger partial charge in [-0.15, -0.1) is 0 Å². The van der Waals surface area contributed by atoms with Crippen molar-refractivity contribution in [1.29, 1.82) is 0 Å². The van der Waals surface area contributed by atoms with Crippen LogP contribution in [0.5, 0.6) is 0 Å². The molecule has 172 valence electrons. The Morgan fingerprint density at radius 2 is 1.94 bits per heavy atom. The normalized spacial score (nSPS) is 15.6. The number of rotatable bonds is 7. The highest BCUT2D eigenvalue weighted by Crippen LogP contribution is 2.22. The van der Waals surface area contributed by atoms with E-state index in [1.165, 1.54) is 12.1 Å². The summed E-state index contributed by atoms with van der Waals surface area (Å²) in [5.41, 5.74) is 1.43. The van der Waals surface area contributed by atoms with Crippen LogP contribution in [-0.4, -0.2) is 45.2 Å². The highest BCUT2D eigenvalue weighted by atomic mass is 35.5. The van der Waals surface area contributed by atoms with Crippen LogP contribution in [0.2, 0.25) is 5.02 Å². The van der Waals surface area contributed by atoms with Gasteiger partial charge in [-0.3, -0.25) is 19.4 Å². The molecule has 0 fully saturated rings. The molecule has 0 aliphatic carbocycles. The van der Waals surface area contributed by atoms with Gasteiger partial charge in [-0.1, -0.05) is 36.2 Å². The second-order valence-corrected chi connectivity index (χ2v) is 10.1. The zero-order valence-electron chi connectivity index (χ0n) is 18.3. The molecule has 1 atom stereocenters. The van der Waals surface area contributed by atoms with E-state index in [2.05, 4.69) is 15.0 Å². The molecular formula is C23H29ClN4O3S. The third-order valence-electron chi connectivity index (χ3n) is 5.44. The highest BCUT2D eigenvalue weighted by molar-refractivity contribution is 7.90. The van der Waals surface area contributed by atoms with Crippen LogP contribution in [-0.2, 0) is 14.8 Å². The number of hydrogen-bond donors (Lipinski definition) is 2. The van der Waals surface area contributed by atoms with Gasteiger partial charge in [0, 0.05) is 29.7 Å². The fourth-order valence-electron chi connectivity index (χ4n) is 3.50. The summed E-state index contributed by atoms with van der Waals surface area (Å²) >= 11 is 6.07. The number of nitrogens with zero attached hydrogens (tertiary/aromatic N) is 2. The SMILES string of the molecule is CC(c1cccc(Cl)c1)N(C)CC(=O)Nc1cccc(S(=O)(=O)NC2=NCCCCC2)c1. The van der Waals surface area contributed by atoms with E-state index in [0.29, 0.717) is 29.5 Å². The van der Waals surface area contributed by atoms with E-state index in [0.717, 1.165) is 24.8 Å². The molecule has 7 nitrogen and oxygen atoms in total. The summed E-state index contributed by atoms with van der Waals surface area (Å²) in [6, 6.07) is 13.7. The number of carbonyl (C=O) groups is 1. The molecule has 2 aromatic rings. The van der Waals surface area contributed by atoms with E-state index in [9.17, 15) is 13.2 Å². The quantitative estimate of drug-likeness (QED) is 0.625. The molecule has 1 heterocycles. The van der Waals surface area contributed by atoms with Crippen molar-refractivity contribution in [2.45, 2.75) is 43.5 Å². The molecule has 0 bridgehead atoms. The molecule has 0 saturated carbocycles. The molecule has 32 heavy (non-hydrogen) atoms. The fraction of sp³-hybridized carbons (Fsp3) is 0.391. The van der Waals surface area contributed by atoms with Crippen LogP contribution >= 0.6 is 11.6 Å². The Bertz CT molecular complexity index is 1090. The Morgan fingerprint density at radius 1 is 1.16 bits per heavy atom. The first-order valence-electron chi connectivity index (χ1n) is 10.7. The molecular weight excluding hydrogens is 448 g/mol. The molecule has 0 spiro atoms. The van der Waals surface area contributed by atoms with Gasteiger partial charge >= 0.3 is 0 Å². The summed E-state index contributed by atoms with van der Waals surface area (Å²) in [6.45, 7) is 2.77. The largest absolute Gasteiger partial charge is 0.325 e. The summed E-state index contributed by atoms with van der Waals surface area (Å²) in [7, 11) is -1.92. The number of likely N-dealkylation sites (N-methyl/N-ethyl adjacent to an activating group) is 1. The Morgan fingerprint density at radius 3 is 2.72 bits per heavy atom. The van der Waals surface area contributed by atoms with Crippen molar-refractivity contribution in [3.8, 4) is 0 Å². The summed E-state index contributed by atoms with van der Waals surface area (Å²) in [5, 5.41) is 3.43. The number of nitrogens with one attached hydrogen (secondary N) is 2. The van der Waals surface area contributed by atoms with Crippen molar-refractivity contribution >= 4 is 39.1 Å². The van der Waals surface area contributed by atoms with Gasteiger partial charge in [-0.05, 0) is 62.7 Å². The fourth-order valence-corrected chi connectivity index (χ4v) is 4.83. The Hall–Kier alpha value is -2.42. The van der Waals surface area contributed by atoms with Crippen molar-refractivity contribution in [2.75, 3.05) is 25.5 Å². The van der Waals surface area contributed by atoms with Crippen LogP contribution in [0.3, 0.4) is 0 Å². The molecule has 3 rings (SSSR count). The lowest BCUT2D eigenvalue weighted by Crippen LogP contribution is -2.32. The highest BCUT2D eigenvalue weighted by Gasteiger charge is 2.19. The topological polar surface area (TPSA) is 90.9 Å². The number of anilines is 1. The summed E-state index contributed by atoms with van der Waals surface area (Å²) < 4.78 is 28.1. The predicted molar refractivity (Wildman–Crippen MR) is 129 cm³/mol. The number of amides is 1. The minimum Gasteiger partial charge on any atom is -0.325 e. The molecule has 0 saturated heterocycles. The van der Waals surface area contributed by atoms with Gasteiger partial charge in [-0.25, -0.2) is 8.42 Å². The van der Waals surface area contributed by atoms with E-state index in [1.807, 2.05) is 43.1 Å². The van der Waals surface area contributed by atoms with Crippen LogP contribution in [0.15, 0.2) is 58.4 Å². The third kappa shape index (κ3) is 6.79. The molecule has 1 aliphatic heterocycles. The minimum absolute atomic E-state index is 0.0179. The maximum Gasteiger partial charge on any atom is 0.262 e. The number of aliphatic imine (C=N–C) groups is 1. The minimum atomic E-state index is -3.77. The molecule has 1 unspecified atom stereocenters. The molecule has 9 heteroatoms. The number of carbonyl (C=O) groups excluding carboxylic acids is 1. The number of hydrogen-bond acceptors (Lipinski definition) is 5. The van der Waals surface area contributed by atoms with E-state index < -0.39 is 10.0 Å². The Balaban J connectivity index is 1.63. The van der Waals surface area contributed by atoms with Crippen LogP contribution < -0.4 is 10.0 Å². The first kappa shape index (κ1) is 24.2. The number of amidine groups is 1. The van der Waals surface area contributed by atoms with Crippen LogP contribution in [0.25, 0.3) is 0 Å². The van der Waals surface area contributed by atoms with Crippen LogP contribution in [0.4, 0.5) is 5.69 Å². The lowest BCUT2D eigenvalue weighted by molar-refractivity contribution is -0.117. The lowest BCUT2D eigenvalue weighted by Gasteiger charge is -2.24. The van der Waals surface area contributed by atoms with E-state index in [1.54, 1.807) is 12.1 Å². The smallest absolute Gasteiger partial charge is 0.262 e. The van der Waals surface area contributed by atoms with Crippen LogP contribution in [0, 0.1) is 0 Å². The van der Waals surface area contributed by atoms with Gasteiger partial charge < -0.3 is 5.32 Å². The summed E-state index contributed by atoms with van der Waals surface area (Å²) in [6.07, 6.45) is 3.54. The third-order valence-corrected chi connectivity index (χ3v) is 7.05. The van der Waals surface area contributed by atoms with Gasteiger partial charge in [0.05, 0.1) is 11.4 Å². The molecule has 2 N–H and O–H groups in total. The summed E-state index contributed by atoms with van der Waals surface area (Å²) in [4.78, 5) is 18.9. The van der Waals surface area contributed by atoms with Crippen molar-refractivity contribution in [3.05, 3.63) is 59.1 Å². The van der Waals surface area contributed by atoms with Gasteiger partial charge in [-0.2, -0.15) is 0 Å². The van der Waals surface area contributed by atoms with Gasteiger partial charge in [0.15, 0.2) is 0 Å². The number of halogens is 1. The molecule has 2 aromatic carbocycles. The van der Waals surface area contributed by atoms with Gasteiger partial charge in [0.25, 0.3) is 10.0 Å². The zero-order valence-corrected chi connectivity index (χ0v) is 19.9. The average Bonchev–Trinajstić information content (AvgIpc) is 3.01. The van der Waals surface area contributed by atoms with E-state index >= 15 is 0 Å². The van der Waals surface area contributed by atoms with E-state index in [-0.39, 0.29) is 23.4 Å². The monoisotopic (exact) mass is 476 g/mol. The zero-order chi connectivity index (χ0) is 23.1. The summed E-state index contributed by atoms with van der Waals surface area (Å²) in [5.74, 6) is 0.255. The molecule has 0 radical (unpaired) electrons. The first-order valence-corrected chi connectivity index (χ1v) is 12.5. The predicted octanol–water partition coefficient (Wildman–Crippen LogP) is 4.22. The maximum atomic E-state index is 12.8. The van der Waals surface area contributed by atoms with E-state index in [4.69, 9.17) is 11.6 Å². The van der Waals surface area contributed by atoms with Crippen molar-refractivity contribution in [3.63, 3.8) is 0 Å². The second-order valence-electron chi connectivity index (χ2n) is 7.97. The average molecular weight is 477 g/mol. The van der Waals surface area contributed by atoms with Crippen molar-refractivity contribution in [1.82, 2.24) is 9.62 Å². The van der Waals surface area contributed by atoms with Crippen LogP contribution in [0.1, 0.15) is 44.2 Å². The molecule has 1 amide bonds. The number of sulfonamides is 1.